The highest BCUT2D eigenvalue weighted by Gasteiger charge is 2.40. The van der Waals surface area contributed by atoms with Crippen molar-refractivity contribution in [1.29, 1.82) is 0 Å². The lowest BCUT2D eigenvalue weighted by molar-refractivity contribution is -0.156. The summed E-state index contributed by atoms with van der Waals surface area (Å²) in [7, 11) is 0. The van der Waals surface area contributed by atoms with Gasteiger partial charge in [0, 0.05) is 12.8 Å². The molecule has 0 radical (unpaired) electrons. The summed E-state index contributed by atoms with van der Waals surface area (Å²) < 4.78 is 0. The van der Waals surface area contributed by atoms with E-state index in [1.807, 2.05) is 0 Å². The van der Waals surface area contributed by atoms with E-state index in [4.69, 9.17) is 0 Å². The third-order valence-electron chi connectivity index (χ3n) is 3.95. The number of nitrogens with zero attached hydrogens (tertiary/aromatic N) is 1. The molecule has 0 aromatic heterocycles. The van der Waals surface area contributed by atoms with Crippen molar-refractivity contribution in [3.8, 4) is 0 Å². The van der Waals surface area contributed by atoms with Crippen LogP contribution in [-0.4, -0.2) is 33.8 Å². The molecule has 0 aromatic carbocycles. The van der Waals surface area contributed by atoms with Crippen LogP contribution in [0.2, 0.25) is 0 Å². The molecule has 100 valence electrons. The smallest absolute Gasteiger partial charge is 0.308 e. The van der Waals surface area contributed by atoms with Crippen LogP contribution in [0.1, 0.15) is 51.4 Å². The Kier molecular flexibility index (Phi) is 3.99. The fourth-order valence-electron chi connectivity index (χ4n) is 3.03. The Morgan fingerprint density at radius 2 is 1.61 bits per heavy atom. The molecule has 5 heteroatoms. The van der Waals surface area contributed by atoms with Gasteiger partial charge in [-0.05, 0) is 19.3 Å². The summed E-state index contributed by atoms with van der Waals surface area (Å²) in [6, 6.07) is -0.426. The van der Waals surface area contributed by atoms with E-state index >= 15 is 0 Å². The van der Waals surface area contributed by atoms with Gasteiger partial charge in [0.1, 0.15) is 0 Å². The van der Waals surface area contributed by atoms with E-state index in [9.17, 15) is 19.5 Å². The van der Waals surface area contributed by atoms with Crippen LogP contribution in [0.3, 0.4) is 0 Å². The number of carboxylic acid groups (broad SMARTS) is 1. The van der Waals surface area contributed by atoms with Gasteiger partial charge in [-0.25, -0.2) is 0 Å². The van der Waals surface area contributed by atoms with Gasteiger partial charge in [0.25, 0.3) is 0 Å². The molecular weight excluding hydrogens is 234 g/mol. The predicted octanol–water partition coefficient (Wildman–Crippen LogP) is 1.56. The van der Waals surface area contributed by atoms with E-state index in [0.717, 1.165) is 19.3 Å². The van der Waals surface area contributed by atoms with Crippen molar-refractivity contribution >= 4 is 17.8 Å². The van der Waals surface area contributed by atoms with Gasteiger partial charge in [-0.3, -0.25) is 19.3 Å². The predicted molar refractivity (Wildman–Crippen MR) is 63.7 cm³/mol. The molecule has 2 aliphatic rings. The number of aliphatic carboxylic acids is 1. The molecule has 0 spiro atoms. The number of rotatable bonds is 2. The summed E-state index contributed by atoms with van der Waals surface area (Å²) in [6.45, 7) is 0. The first kappa shape index (κ1) is 13.1. The molecule has 2 atom stereocenters. The molecule has 2 rings (SSSR count). The summed E-state index contributed by atoms with van der Waals surface area (Å²) in [4.78, 5) is 36.4. The fourth-order valence-corrected chi connectivity index (χ4v) is 3.03. The van der Waals surface area contributed by atoms with Crippen molar-refractivity contribution in [2.24, 2.45) is 5.92 Å². The molecule has 1 saturated carbocycles. The second kappa shape index (κ2) is 5.50. The average molecular weight is 253 g/mol. The van der Waals surface area contributed by atoms with E-state index in [2.05, 4.69) is 0 Å². The van der Waals surface area contributed by atoms with Crippen LogP contribution in [0.15, 0.2) is 0 Å². The lowest BCUT2D eigenvalue weighted by Crippen LogP contribution is -2.51. The van der Waals surface area contributed by atoms with Gasteiger partial charge in [0.05, 0.1) is 12.0 Å². The Balaban J connectivity index is 2.22. The maximum Gasteiger partial charge on any atom is 0.308 e. The van der Waals surface area contributed by atoms with Crippen LogP contribution >= 0.6 is 0 Å². The maximum atomic E-state index is 11.9. The molecule has 1 heterocycles. The van der Waals surface area contributed by atoms with E-state index in [0.29, 0.717) is 32.1 Å². The van der Waals surface area contributed by atoms with Gasteiger partial charge in [0.2, 0.25) is 11.8 Å². The summed E-state index contributed by atoms with van der Waals surface area (Å²) in [5.41, 5.74) is 0. The third-order valence-corrected chi connectivity index (χ3v) is 3.95. The largest absolute Gasteiger partial charge is 0.481 e. The highest BCUT2D eigenvalue weighted by atomic mass is 16.4. The SMILES string of the molecule is O=C(O)C1CCCCCC1N1C(=O)CCCC1=O. The molecule has 5 nitrogen and oxygen atoms in total. The number of imide groups is 1. The molecule has 0 bridgehead atoms. The molecule has 1 aliphatic heterocycles. The fraction of sp³-hybridized carbons (Fsp3) is 0.769. The Labute approximate surface area is 106 Å². The number of carboxylic acids is 1. The minimum Gasteiger partial charge on any atom is -0.481 e. The van der Waals surface area contributed by atoms with Crippen LogP contribution in [-0.2, 0) is 14.4 Å². The lowest BCUT2D eigenvalue weighted by Gasteiger charge is -2.35. The van der Waals surface area contributed by atoms with Crippen LogP contribution in [0, 0.1) is 5.92 Å². The highest BCUT2D eigenvalue weighted by molar-refractivity contribution is 5.98. The normalized spacial score (nSPS) is 30.1. The first-order valence-corrected chi connectivity index (χ1v) is 6.69. The van der Waals surface area contributed by atoms with Crippen molar-refractivity contribution in [3.63, 3.8) is 0 Å². The first-order chi connectivity index (χ1) is 8.61. The van der Waals surface area contributed by atoms with Crippen molar-refractivity contribution in [3.05, 3.63) is 0 Å². The number of hydrogen-bond acceptors (Lipinski definition) is 3. The zero-order valence-electron chi connectivity index (χ0n) is 10.4. The van der Waals surface area contributed by atoms with E-state index in [-0.39, 0.29) is 11.8 Å². The van der Waals surface area contributed by atoms with Gasteiger partial charge in [0.15, 0.2) is 0 Å². The molecule has 1 aliphatic carbocycles. The maximum absolute atomic E-state index is 11.9. The van der Waals surface area contributed by atoms with E-state index in [1.54, 1.807) is 0 Å². The van der Waals surface area contributed by atoms with Gasteiger partial charge < -0.3 is 5.11 Å². The molecule has 2 fully saturated rings. The Bertz CT molecular complexity index is 350. The molecule has 2 amide bonds. The molecule has 0 aromatic rings. The summed E-state index contributed by atoms with van der Waals surface area (Å²) in [5, 5.41) is 9.29. The van der Waals surface area contributed by atoms with Crippen LogP contribution in [0.25, 0.3) is 0 Å². The van der Waals surface area contributed by atoms with Crippen LogP contribution in [0.5, 0.6) is 0 Å². The van der Waals surface area contributed by atoms with Crippen molar-refractivity contribution in [1.82, 2.24) is 4.90 Å². The zero-order valence-corrected chi connectivity index (χ0v) is 10.4. The molecule has 2 unspecified atom stereocenters. The second-order valence-electron chi connectivity index (χ2n) is 5.16. The van der Waals surface area contributed by atoms with Gasteiger partial charge in [-0.1, -0.05) is 19.3 Å². The highest BCUT2D eigenvalue weighted by Crippen LogP contribution is 2.30. The summed E-state index contributed by atoms with van der Waals surface area (Å²) in [5.74, 6) is -1.85. The van der Waals surface area contributed by atoms with Crippen LogP contribution < -0.4 is 0 Å². The number of hydrogen-bond donors (Lipinski definition) is 1. The Morgan fingerprint density at radius 3 is 2.22 bits per heavy atom. The molecular formula is C13H19NO4. The van der Waals surface area contributed by atoms with Gasteiger partial charge in [-0.15, -0.1) is 0 Å². The standard InChI is InChI=1S/C13H19NO4/c15-11-7-4-8-12(16)14(11)10-6-3-1-2-5-9(10)13(17)18/h9-10H,1-8H2,(H,17,18). The molecule has 1 saturated heterocycles. The monoisotopic (exact) mass is 253 g/mol. The number of likely N-dealkylation sites (tertiary alicyclic amines) is 1. The number of carbonyl (C=O) groups is 3. The van der Waals surface area contributed by atoms with Crippen LogP contribution in [0.4, 0.5) is 0 Å². The Hall–Kier alpha value is -1.39. The molecule has 18 heavy (non-hydrogen) atoms. The van der Waals surface area contributed by atoms with Crippen molar-refractivity contribution in [2.75, 3.05) is 0 Å². The minimum absolute atomic E-state index is 0.190. The number of amides is 2. The Morgan fingerprint density at radius 1 is 1.00 bits per heavy atom. The first-order valence-electron chi connectivity index (χ1n) is 6.69. The van der Waals surface area contributed by atoms with Gasteiger partial charge in [-0.2, -0.15) is 0 Å². The second-order valence-corrected chi connectivity index (χ2v) is 5.16. The van der Waals surface area contributed by atoms with E-state index < -0.39 is 17.9 Å². The quantitative estimate of drug-likeness (QED) is 0.598. The topological polar surface area (TPSA) is 74.7 Å². The van der Waals surface area contributed by atoms with Crippen molar-refractivity contribution in [2.45, 2.75) is 57.4 Å². The van der Waals surface area contributed by atoms with Crippen molar-refractivity contribution < 1.29 is 19.5 Å². The zero-order chi connectivity index (χ0) is 13.1. The number of piperidine rings is 1. The van der Waals surface area contributed by atoms with Gasteiger partial charge >= 0.3 is 5.97 Å². The summed E-state index contributed by atoms with van der Waals surface area (Å²) >= 11 is 0. The minimum atomic E-state index is -0.881. The summed E-state index contributed by atoms with van der Waals surface area (Å²) in [6.07, 6.45) is 5.28. The average Bonchev–Trinajstić information content (AvgIpc) is 2.54. The van der Waals surface area contributed by atoms with E-state index in [1.165, 1.54) is 4.90 Å². The number of carbonyl (C=O) groups excluding carboxylic acids is 2. The third kappa shape index (κ3) is 2.54. The lowest BCUT2D eigenvalue weighted by atomic mass is 9.91. The molecule has 1 N–H and O–H groups in total.